The second kappa shape index (κ2) is 10.4. The lowest BCUT2D eigenvalue weighted by Crippen LogP contribution is -2.64. The third-order valence-electron chi connectivity index (χ3n) is 7.56. The van der Waals surface area contributed by atoms with Gasteiger partial charge in [0.05, 0.1) is 40.9 Å². The molecule has 0 spiro atoms. The maximum Gasteiger partial charge on any atom is 0.416 e. The molecule has 11 heteroatoms. The molecule has 2 saturated heterocycles. The van der Waals surface area contributed by atoms with Gasteiger partial charge >= 0.3 is 6.18 Å². The van der Waals surface area contributed by atoms with E-state index in [2.05, 4.69) is 33.7 Å². The number of thioether (sulfide) groups is 1. The van der Waals surface area contributed by atoms with Gasteiger partial charge in [-0.3, -0.25) is 14.4 Å². The average molecular weight is 570 g/mol. The molecule has 6 rings (SSSR count). The predicted octanol–water partition coefficient (Wildman–Crippen LogP) is 5.18. The zero-order chi connectivity index (χ0) is 28.2. The lowest BCUT2D eigenvalue weighted by Gasteiger charge is -2.49. The molecule has 0 saturated carbocycles. The first-order valence-corrected chi connectivity index (χ1v) is 14.1. The first-order chi connectivity index (χ1) is 19.0. The van der Waals surface area contributed by atoms with E-state index in [9.17, 15) is 18.0 Å². The van der Waals surface area contributed by atoms with Crippen LogP contribution in [0.25, 0.3) is 17.0 Å². The Balaban J connectivity index is 1.13. The van der Waals surface area contributed by atoms with Crippen LogP contribution in [0.4, 0.5) is 13.2 Å². The number of carbonyl (C=O) groups excluding carboxylic acids is 1. The van der Waals surface area contributed by atoms with Crippen LogP contribution in [-0.2, 0) is 22.3 Å². The molecule has 4 heterocycles. The summed E-state index contributed by atoms with van der Waals surface area (Å²) in [6, 6.07) is 10.3. The smallest absolute Gasteiger partial charge is 0.373 e. The van der Waals surface area contributed by atoms with Crippen LogP contribution in [0.3, 0.4) is 0 Å². The number of morpholine rings is 1. The molecule has 2 atom stereocenters. The Bertz CT molecular complexity index is 1520. The SMILES string of the molecule is Cc1ccc(Cn2ncc3cc(/C=C4\SC(N5CC(N6C[C@@H](C)O[C@@H](C)C6)C5)=NC4=O)ccc32)c(C(F)(F)F)c1. The molecule has 0 N–H and O–H groups in total. The molecule has 2 aromatic carbocycles. The van der Waals surface area contributed by atoms with Crippen molar-refractivity contribution in [2.45, 2.75) is 51.7 Å². The molecule has 40 heavy (non-hydrogen) atoms. The minimum atomic E-state index is -4.44. The fraction of sp³-hybridized carbons (Fsp3) is 0.414. The molecule has 3 aromatic rings. The maximum atomic E-state index is 13.6. The van der Waals surface area contributed by atoms with Crippen LogP contribution in [0.2, 0.25) is 0 Å². The number of rotatable bonds is 4. The second-order valence-corrected chi connectivity index (χ2v) is 11.9. The van der Waals surface area contributed by atoms with Gasteiger partial charge in [-0.05, 0) is 67.9 Å². The van der Waals surface area contributed by atoms with Gasteiger partial charge in [0.2, 0.25) is 0 Å². The van der Waals surface area contributed by atoms with Gasteiger partial charge in [0.15, 0.2) is 5.17 Å². The number of aromatic nitrogens is 2. The maximum absolute atomic E-state index is 13.6. The average Bonchev–Trinajstić information content (AvgIpc) is 3.40. The molecule has 7 nitrogen and oxygen atoms in total. The first-order valence-electron chi connectivity index (χ1n) is 13.3. The Morgan fingerprint density at radius 1 is 1.07 bits per heavy atom. The van der Waals surface area contributed by atoms with E-state index >= 15 is 0 Å². The zero-order valence-corrected chi connectivity index (χ0v) is 23.3. The predicted molar refractivity (Wildman–Crippen MR) is 150 cm³/mol. The number of hydrogen-bond donors (Lipinski definition) is 0. The summed E-state index contributed by atoms with van der Waals surface area (Å²) in [6.07, 6.45) is -0.553. The number of halogens is 3. The van der Waals surface area contributed by atoms with Gasteiger partial charge in [0.1, 0.15) is 0 Å². The van der Waals surface area contributed by atoms with Crippen molar-refractivity contribution in [2.75, 3.05) is 26.2 Å². The van der Waals surface area contributed by atoms with Crippen LogP contribution in [-0.4, -0.2) is 75.1 Å². The molecule has 0 unspecified atom stereocenters. The van der Waals surface area contributed by atoms with Crippen molar-refractivity contribution in [2.24, 2.45) is 4.99 Å². The van der Waals surface area contributed by atoms with Crippen LogP contribution in [0, 0.1) is 6.92 Å². The highest BCUT2D eigenvalue weighted by Crippen LogP contribution is 2.35. The van der Waals surface area contributed by atoms with Crippen LogP contribution >= 0.6 is 11.8 Å². The van der Waals surface area contributed by atoms with Crippen LogP contribution in [0.1, 0.15) is 36.1 Å². The van der Waals surface area contributed by atoms with Crippen molar-refractivity contribution in [3.05, 3.63) is 69.8 Å². The van der Waals surface area contributed by atoms with Gasteiger partial charge in [-0.2, -0.15) is 23.3 Å². The van der Waals surface area contributed by atoms with E-state index in [0.717, 1.165) is 47.8 Å². The van der Waals surface area contributed by atoms with Crippen molar-refractivity contribution in [1.82, 2.24) is 19.6 Å². The van der Waals surface area contributed by atoms with E-state index in [4.69, 9.17) is 4.74 Å². The fourth-order valence-corrected chi connectivity index (χ4v) is 6.55. The number of aliphatic imine (C=N–C) groups is 1. The van der Waals surface area contributed by atoms with E-state index in [0.29, 0.717) is 16.5 Å². The van der Waals surface area contributed by atoms with Crippen LogP contribution in [0.5, 0.6) is 0 Å². The summed E-state index contributed by atoms with van der Waals surface area (Å²) < 4.78 is 48.2. The van der Waals surface area contributed by atoms with Crippen molar-refractivity contribution in [1.29, 1.82) is 0 Å². The lowest BCUT2D eigenvalue weighted by atomic mass is 10.0. The topological polar surface area (TPSA) is 63.0 Å². The van der Waals surface area contributed by atoms with Crippen molar-refractivity contribution >= 4 is 39.8 Å². The Hall–Kier alpha value is -3.15. The molecule has 0 radical (unpaired) electrons. The number of aryl methyl sites for hydroxylation is 1. The van der Waals surface area contributed by atoms with Gasteiger partial charge < -0.3 is 9.64 Å². The third kappa shape index (κ3) is 5.42. The van der Waals surface area contributed by atoms with Gasteiger partial charge in [-0.15, -0.1) is 0 Å². The number of amidine groups is 1. The number of fused-ring (bicyclic) bond motifs is 1. The van der Waals surface area contributed by atoms with E-state index in [-0.39, 0.29) is 30.2 Å². The molecule has 210 valence electrons. The lowest BCUT2D eigenvalue weighted by molar-refractivity contribution is -0.138. The van der Waals surface area contributed by atoms with E-state index in [1.165, 1.54) is 23.9 Å². The van der Waals surface area contributed by atoms with Crippen LogP contribution < -0.4 is 0 Å². The number of likely N-dealkylation sites (tertiary alicyclic amines) is 1. The van der Waals surface area contributed by atoms with Crippen molar-refractivity contribution < 1.29 is 22.7 Å². The number of carbonyl (C=O) groups is 1. The second-order valence-electron chi connectivity index (χ2n) is 10.9. The summed E-state index contributed by atoms with van der Waals surface area (Å²) in [5.74, 6) is -0.257. The summed E-state index contributed by atoms with van der Waals surface area (Å²) in [4.78, 5) is 22.1. The van der Waals surface area contributed by atoms with Gasteiger partial charge in [0, 0.05) is 37.6 Å². The Morgan fingerprint density at radius 3 is 2.55 bits per heavy atom. The van der Waals surface area contributed by atoms with E-state index in [1.54, 1.807) is 23.9 Å². The van der Waals surface area contributed by atoms with Gasteiger partial charge in [0.25, 0.3) is 5.91 Å². The van der Waals surface area contributed by atoms with Crippen LogP contribution in [0.15, 0.2) is 52.5 Å². The summed E-state index contributed by atoms with van der Waals surface area (Å²) in [7, 11) is 0. The normalized spacial score (nSPS) is 23.8. The molecule has 1 aromatic heterocycles. The number of alkyl halides is 3. The molecule has 3 aliphatic rings. The molecule has 0 bridgehead atoms. The van der Waals surface area contributed by atoms with Crippen molar-refractivity contribution in [3.63, 3.8) is 0 Å². The van der Waals surface area contributed by atoms with E-state index < -0.39 is 11.7 Å². The molecule has 3 aliphatic heterocycles. The summed E-state index contributed by atoms with van der Waals surface area (Å²) in [5.41, 5.74) is 1.60. The highest BCUT2D eigenvalue weighted by Gasteiger charge is 2.39. The van der Waals surface area contributed by atoms with Gasteiger partial charge in [-0.1, -0.05) is 23.8 Å². The fourth-order valence-electron chi connectivity index (χ4n) is 5.62. The summed E-state index contributed by atoms with van der Waals surface area (Å²) in [5, 5.41) is 5.86. The minimum Gasteiger partial charge on any atom is -0.373 e. The molecule has 0 aliphatic carbocycles. The number of nitrogens with zero attached hydrogens (tertiary/aromatic N) is 5. The summed E-state index contributed by atoms with van der Waals surface area (Å²) in [6.45, 7) is 9.36. The first kappa shape index (κ1) is 27.0. The van der Waals surface area contributed by atoms with E-state index in [1.807, 2.05) is 24.3 Å². The highest BCUT2D eigenvalue weighted by molar-refractivity contribution is 8.18. The molecule has 2 fully saturated rings. The number of amides is 1. The Labute approximate surface area is 234 Å². The largest absolute Gasteiger partial charge is 0.416 e. The monoisotopic (exact) mass is 569 g/mol. The standard InChI is InChI=1S/C29H30F3N5O2S/c1-17-4-6-21(24(8-17)29(30,31)32)14-37-25-7-5-20(9-22(25)11-33-37)10-26-27(38)34-28(40-26)36-15-23(16-36)35-12-18(2)39-19(3)13-35/h4-11,18-19,23H,12-16H2,1-3H3/b26-10-/t18-,19+. The van der Waals surface area contributed by atoms with Crippen molar-refractivity contribution in [3.8, 4) is 0 Å². The number of hydrogen-bond acceptors (Lipinski definition) is 6. The summed E-state index contributed by atoms with van der Waals surface area (Å²) >= 11 is 1.38. The van der Waals surface area contributed by atoms with Gasteiger partial charge in [-0.25, -0.2) is 0 Å². The molecular formula is C29H30F3N5O2S. The Kier molecular flexibility index (Phi) is 7.00. The quantitative estimate of drug-likeness (QED) is 0.404. The Morgan fingerprint density at radius 2 is 1.82 bits per heavy atom. The molecule has 1 amide bonds. The number of ether oxygens (including phenoxy) is 1. The third-order valence-corrected chi connectivity index (χ3v) is 8.61. The zero-order valence-electron chi connectivity index (χ0n) is 22.5. The number of benzene rings is 2. The highest BCUT2D eigenvalue weighted by atomic mass is 32.2. The minimum absolute atomic E-state index is 0.00367. The molecular weight excluding hydrogens is 539 g/mol.